The molecule has 8 heteroatoms. The molecule has 1 atom stereocenters. The summed E-state index contributed by atoms with van der Waals surface area (Å²) < 4.78 is 15.0. The molecule has 1 saturated carbocycles. The van der Waals surface area contributed by atoms with E-state index in [2.05, 4.69) is 53.6 Å². The summed E-state index contributed by atoms with van der Waals surface area (Å²) in [6.45, 7) is 4.38. The lowest BCUT2D eigenvalue weighted by Crippen LogP contribution is -2.29. The SMILES string of the molecule is CC(C)c1ccc(CSc2nnc(S[C@H](C(=O)NC3CC3)c3ccc(F)cc3)s2)cc1. The minimum absolute atomic E-state index is 0.0613. The molecule has 0 unspecified atom stereocenters. The van der Waals surface area contributed by atoms with Gasteiger partial charge in [-0.25, -0.2) is 4.39 Å². The van der Waals surface area contributed by atoms with Crippen LogP contribution < -0.4 is 5.32 Å². The molecule has 4 rings (SSSR count). The lowest BCUT2D eigenvalue weighted by molar-refractivity contribution is -0.120. The molecule has 0 saturated heterocycles. The van der Waals surface area contributed by atoms with Crippen LogP contribution in [-0.2, 0) is 10.5 Å². The van der Waals surface area contributed by atoms with E-state index < -0.39 is 5.25 Å². The van der Waals surface area contributed by atoms with E-state index in [1.807, 2.05) is 0 Å². The number of amides is 1. The number of hydrogen-bond acceptors (Lipinski definition) is 6. The van der Waals surface area contributed by atoms with Crippen molar-refractivity contribution in [1.82, 2.24) is 15.5 Å². The number of aromatic nitrogens is 2. The van der Waals surface area contributed by atoms with Gasteiger partial charge < -0.3 is 5.32 Å². The molecule has 1 amide bonds. The van der Waals surface area contributed by atoms with Gasteiger partial charge in [-0.3, -0.25) is 4.79 Å². The fraction of sp³-hybridized carbons (Fsp3) is 0.348. The molecule has 1 N–H and O–H groups in total. The van der Waals surface area contributed by atoms with E-state index in [0.29, 0.717) is 5.92 Å². The Kier molecular flexibility index (Phi) is 7.30. The molecule has 1 fully saturated rings. The van der Waals surface area contributed by atoms with Crippen LogP contribution in [0.1, 0.15) is 54.5 Å². The molecule has 0 radical (unpaired) electrons. The van der Waals surface area contributed by atoms with E-state index in [0.717, 1.165) is 32.8 Å². The van der Waals surface area contributed by atoms with Gasteiger partial charge in [0.2, 0.25) is 5.91 Å². The molecule has 1 heterocycles. The number of hydrogen-bond donors (Lipinski definition) is 1. The lowest BCUT2D eigenvalue weighted by atomic mass is 10.0. The van der Waals surface area contributed by atoms with Crippen LogP contribution >= 0.6 is 34.9 Å². The van der Waals surface area contributed by atoms with Crippen molar-refractivity contribution in [2.24, 2.45) is 0 Å². The van der Waals surface area contributed by atoms with Crippen LogP contribution in [0, 0.1) is 5.82 Å². The first kappa shape index (κ1) is 22.3. The summed E-state index contributed by atoms with van der Waals surface area (Å²) >= 11 is 4.50. The van der Waals surface area contributed by atoms with Gasteiger partial charge in [0.1, 0.15) is 11.1 Å². The molecule has 1 aliphatic rings. The molecular weight excluding hydrogens is 449 g/mol. The average Bonchev–Trinajstić information content (AvgIpc) is 3.46. The molecule has 1 aliphatic carbocycles. The van der Waals surface area contributed by atoms with Crippen LogP contribution in [0.25, 0.3) is 0 Å². The van der Waals surface area contributed by atoms with Crippen LogP contribution in [0.4, 0.5) is 4.39 Å². The number of nitrogens with zero attached hydrogens (tertiary/aromatic N) is 2. The molecule has 0 bridgehead atoms. The zero-order valence-electron chi connectivity index (χ0n) is 17.4. The summed E-state index contributed by atoms with van der Waals surface area (Å²) in [6, 6.07) is 15.0. The Bertz CT molecular complexity index is 1020. The van der Waals surface area contributed by atoms with E-state index >= 15 is 0 Å². The molecule has 162 valence electrons. The second-order valence-electron chi connectivity index (χ2n) is 7.85. The molecule has 3 aromatic rings. The Morgan fingerprint density at radius 1 is 1.06 bits per heavy atom. The zero-order chi connectivity index (χ0) is 21.8. The Morgan fingerprint density at radius 2 is 1.71 bits per heavy atom. The number of halogens is 1. The largest absolute Gasteiger partial charge is 0.352 e. The normalized spacial score (nSPS) is 14.6. The molecule has 31 heavy (non-hydrogen) atoms. The van der Waals surface area contributed by atoms with Gasteiger partial charge in [0.05, 0.1) is 0 Å². The minimum atomic E-state index is -0.476. The van der Waals surface area contributed by atoms with Gasteiger partial charge in [0, 0.05) is 11.8 Å². The maximum atomic E-state index is 13.4. The van der Waals surface area contributed by atoms with Crippen molar-refractivity contribution in [3.63, 3.8) is 0 Å². The summed E-state index contributed by atoms with van der Waals surface area (Å²) in [5.41, 5.74) is 3.34. The molecule has 1 aromatic heterocycles. The third kappa shape index (κ3) is 6.30. The smallest absolute Gasteiger partial charge is 0.238 e. The van der Waals surface area contributed by atoms with Crippen molar-refractivity contribution in [3.05, 3.63) is 71.0 Å². The number of rotatable bonds is 9. The van der Waals surface area contributed by atoms with Gasteiger partial charge in [-0.05, 0) is 47.6 Å². The number of nitrogens with one attached hydrogen (secondary N) is 1. The number of thioether (sulfide) groups is 2. The summed E-state index contributed by atoms with van der Waals surface area (Å²) in [7, 11) is 0. The van der Waals surface area contributed by atoms with Gasteiger partial charge >= 0.3 is 0 Å². The van der Waals surface area contributed by atoms with Gasteiger partial charge in [-0.1, -0.05) is 85.1 Å². The lowest BCUT2D eigenvalue weighted by Gasteiger charge is -2.15. The first-order valence-electron chi connectivity index (χ1n) is 10.3. The highest BCUT2D eigenvalue weighted by atomic mass is 32.2. The van der Waals surface area contributed by atoms with Crippen molar-refractivity contribution < 1.29 is 9.18 Å². The topological polar surface area (TPSA) is 54.9 Å². The first-order chi connectivity index (χ1) is 15.0. The highest BCUT2D eigenvalue weighted by Gasteiger charge is 2.30. The van der Waals surface area contributed by atoms with Crippen molar-refractivity contribution in [1.29, 1.82) is 0 Å². The Labute approximate surface area is 194 Å². The molecule has 0 spiro atoms. The molecule has 0 aliphatic heterocycles. The van der Waals surface area contributed by atoms with Gasteiger partial charge in [-0.15, -0.1) is 10.2 Å². The summed E-state index contributed by atoms with van der Waals surface area (Å²) in [5, 5.41) is 11.1. The quantitative estimate of drug-likeness (QED) is 0.375. The van der Waals surface area contributed by atoms with E-state index in [-0.39, 0.29) is 17.8 Å². The fourth-order valence-electron chi connectivity index (χ4n) is 2.96. The number of benzene rings is 2. The van der Waals surface area contributed by atoms with Crippen molar-refractivity contribution >= 4 is 40.8 Å². The highest BCUT2D eigenvalue weighted by Crippen LogP contribution is 2.40. The molecule has 4 nitrogen and oxygen atoms in total. The van der Waals surface area contributed by atoms with Crippen LogP contribution in [-0.4, -0.2) is 22.1 Å². The first-order valence-corrected chi connectivity index (χ1v) is 12.9. The van der Waals surface area contributed by atoms with Crippen LogP contribution in [0.5, 0.6) is 0 Å². The third-order valence-electron chi connectivity index (χ3n) is 4.95. The number of carbonyl (C=O) groups is 1. The van der Waals surface area contributed by atoms with E-state index in [1.54, 1.807) is 23.9 Å². The van der Waals surface area contributed by atoms with Crippen molar-refractivity contribution in [2.45, 2.75) is 58.3 Å². The third-order valence-corrected chi connectivity index (χ3v) is 8.42. The predicted octanol–water partition coefficient (Wildman–Crippen LogP) is 6.20. The van der Waals surface area contributed by atoms with Gasteiger partial charge in [-0.2, -0.15) is 0 Å². The van der Waals surface area contributed by atoms with Gasteiger partial charge in [0.25, 0.3) is 0 Å². The predicted molar refractivity (Wildman–Crippen MR) is 126 cm³/mol. The second-order valence-corrected chi connectivity index (χ2v) is 11.4. The van der Waals surface area contributed by atoms with E-state index in [1.165, 1.54) is 46.4 Å². The standard InChI is InChI=1S/C23H24FN3OS3/c1-14(2)16-5-3-15(4-6-16)13-29-22-26-27-23(31-22)30-20(21(28)25-19-11-12-19)17-7-9-18(24)10-8-17/h3-10,14,19-20H,11-13H2,1-2H3,(H,25,28)/t20-/m0/s1. The molecule has 2 aromatic carbocycles. The number of carbonyl (C=O) groups excluding carboxylic acids is 1. The van der Waals surface area contributed by atoms with Crippen LogP contribution in [0.15, 0.2) is 57.2 Å². The average molecular weight is 474 g/mol. The van der Waals surface area contributed by atoms with Crippen molar-refractivity contribution in [2.75, 3.05) is 0 Å². The molecular formula is C23H24FN3OS3. The van der Waals surface area contributed by atoms with E-state index in [9.17, 15) is 9.18 Å². The fourth-order valence-corrected chi connectivity index (χ4v) is 6.14. The van der Waals surface area contributed by atoms with Crippen LogP contribution in [0.3, 0.4) is 0 Å². The second kappa shape index (κ2) is 10.1. The van der Waals surface area contributed by atoms with Crippen LogP contribution in [0.2, 0.25) is 0 Å². The summed E-state index contributed by atoms with van der Waals surface area (Å²) in [5.74, 6) is 0.969. The maximum absolute atomic E-state index is 13.4. The Balaban J connectivity index is 1.40. The zero-order valence-corrected chi connectivity index (χ0v) is 19.8. The maximum Gasteiger partial charge on any atom is 0.238 e. The summed E-state index contributed by atoms with van der Waals surface area (Å²) in [6.07, 6.45) is 2.04. The van der Waals surface area contributed by atoms with Crippen molar-refractivity contribution in [3.8, 4) is 0 Å². The van der Waals surface area contributed by atoms with E-state index in [4.69, 9.17) is 0 Å². The monoisotopic (exact) mass is 473 g/mol. The highest BCUT2D eigenvalue weighted by molar-refractivity contribution is 8.03. The Hall–Kier alpha value is -1.90. The minimum Gasteiger partial charge on any atom is -0.352 e. The Morgan fingerprint density at radius 3 is 2.35 bits per heavy atom. The van der Waals surface area contributed by atoms with Gasteiger partial charge in [0.15, 0.2) is 8.68 Å². The summed E-state index contributed by atoms with van der Waals surface area (Å²) in [4.78, 5) is 12.8.